The summed E-state index contributed by atoms with van der Waals surface area (Å²) in [7, 11) is 0. The molecule has 0 aromatic carbocycles. The molecule has 0 saturated heterocycles. The molecule has 0 aliphatic carbocycles. The van der Waals surface area contributed by atoms with Crippen LogP contribution in [0, 0.1) is 0 Å². The maximum Gasteiger partial charge on any atom is 0.309 e. The minimum Gasteiger partial charge on any atom is -0.412 e. The van der Waals surface area contributed by atoms with Crippen molar-refractivity contribution in [3.05, 3.63) is 0 Å². The van der Waals surface area contributed by atoms with Crippen LogP contribution in [0.4, 0.5) is 4.79 Å². The van der Waals surface area contributed by atoms with E-state index in [1.54, 1.807) is 0 Å². The molecular formula is C5H16N2O3. The molecule has 10 heavy (non-hydrogen) atoms. The van der Waals surface area contributed by atoms with E-state index < -0.39 is 6.03 Å². The summed E-state index contributed by atoms with van der Waals surface area (Å²) in [5.74, 6) is 0. The van der Waals surface area contributed by atoms with Crippen LogP contribution in [-0.2, 0) is 0 Å². The first-order valence-corrected chi connectivity index (χ1v) is 2.80. The lowest BCUT2D eigenvalue weighted by Gasteiger charge is -1.79. The van der Waals surface area contributed by atoms with E-state index in [0.717, 1.165) is 12.8 Å². The molecule has 7 N–H and O–H groups in total. The summed E-state index contributed by atoms with van der Waals surface area (Å²) in [4.78, 5) is 9.00. The van der Waals surface area contributed by atoms with E-state index >= 15 is 0 Å². The monoisotopic (exact) mass is 152 g/mol. The summed E-state index contributed by atoms with van der Waals surface area (Å²) in [6, 6.07) is -0.833. The summed E-state index contributed by atoms with van der Waals surface area (Å²) in [6.07, 6.45) is 2.04. The Kier molecular flexibility index (Phi) is 25.3. The molecule has 0 aliphatic heterocycles. The number of hydrogen-bond donors (Lipinski definition) is 3. The predicted octanol–water partition coefficient (Wildman–Crippen LogP) is -1.02. The third kappa shape index (κ3) is 195. The van der Waals surface area contributed by atoms with Gasteiger partial charge < -0.3 is 22.1 Å². The lowest BCUT2D eigenvalue weighted by atomic mass is 10.4. The van der Waals surface area contributed by atoms with E-state index in [2.05, 4.69) is 18.4 Å². The van der Waals surface area contributed by atoms with Gasteiger partial charge in [-0.25, -0.2) is 4.79 Å². The Hall–Kier alpha value is -0.810. The Labute approximate surface area is 60.3 Å². The molecule has 0 bridgehead atoms. The van der Waals surface area contributed by atoms with Crippen molar-refractivity contribution < 1.29 is 15.4 Å². The van der Waals surface area contributed by atoms with Gasteiger partial charge in [-0.2, -0.15) is 0 Å². The van der Waals surface area contributed by atoms with Crippen LogP contribution in [0.1, 0.15) is 19.8 Å². The van der Waals surface area contributed by atoms with E-state index in [1.807, 2.05) is 0 Å². The number of urea groups is 1. The van der Waals surface area contributed by atoms with Crippen molar-refractivity contribution in [3.8, 4) is 0 Å². The van der Waals surface area contributed by atoms with Crippen LogP contribution in [0.25, 0.3) is 0 Å². The molecule has 0 fully saturated rings. The number of unbranched alkanes of at least 4 members (excludes halogenated alkanes) is 1. The third-order valence-corrected chi connectivity index (χ3v) is 0.512. The lowest BCUT2D eigenvalue weighted by molar-refractivity contribution is 0.256. The second-order valence-corrected chi connectivity index (χ2v) is 1.48. The molecule has 0 rings (SSSR count). The van der Waals surface area contributed by atoms with Crippen LogP contribution in [0.5, 0.6) is 0 Å². The van der Waals surface area contributed by atoms with Gasteiger partial charge in [0.05, 0.1) is 0 Å². The average molecular weight is 152 g/mol. The van der Waals surface area contributed by atoms with Crippen LogP contribution < -0.4 is 11.5 Å². The van der Waals surface area contributed by atoms with Gasteiger partial charge in [-0.05, 0) is 6.42 Å². The molecule has 0 atom stereocenters. The average Bonchev–Trinajstić information content (AvgIpc) is 1.66. The van der Waals surface area contributed by atoms with Crippen molar-refractivity contribution >= 4 is 6.03 Å². The Bertz CT molecular complexity index is 61.9. The first kappa shape index (κ1) is 16.1. The SMILES string of the molecule is CCCCO.NC(N)=O.O. The van der Waals surface area contributed by atoms with Gasteiger partial charge in [-0.1, -0.05) is 13.3 Å². The van der Waals surface area contributed by atoms with E-state index in [0.29, 0.717) is 6.61 Å². The highest BCUT2D eigenvalue weighted by Gasteiger charge is 1.69. The van der Waals surface area contributed by atoms with Crippen molar-refractivity contribution in [2.45, 2.75) is 19.8 Å². The molecule has 64 valence electrons. The maximum absolute atomic E-state index is 9.00. The standard InChI is InChI=1S/C4H10O.CH4N2O.H2O/c1-2-3-4-5;2-1(3)4;/h5H,2-4H2,1H3;(H4,2,3,4);1H2. The molecule has 0 heterocycles. The zero-order chi connectivity index (χ0) is 7.70. The zero-order valence-electron chi connectivity index (χ0n) is 6.13. The number of carbonyl (C=O) groups is 1. The molecule has 0 spiro atoms. The van der Waals surface area contributed by atoms with Gasteiger partial charge in [0.25, 0.3) is 0 Å². The van der Waals surface area contributed by atoms with E-state index in [4.69, 9.17) is 9.90 Å². The highest BCUT2D eigenvalue weighted by atomic mass is 16.2. The molecule has 5 heteroatoms. The topological polar surface area (TPSA) is 121 Å². The molecular weight excluding hydrogens is 136 g/mol. The number of amides is 2. The summed E-state index contributed by atoms with van der Waals surface area (Å²) in [5, 5.41) is 8.07. The fourth-order valence-corrected chi connectivity index (χ4v) is 0.158. The maximum atomic E-state index is 9.00. The van der Waals surface area contributed by atoms with Gasteiger partial charge in [0.15, 0.2) is 0 Å². The Morgan fingerprint density at radius 2 is 1.80 bits per heavy atom. The molecule has 0 saturated carbocycles. The Balaban J connectivity index is -0.0000000910. The van der Waals surface area contributed by atoms with E-state index in [9.17, 15) is 0 Å². The van der Waals surface area contributed by atoms with E-state index in [1.165, 1.54) is 0 Å². The zero-order valence-corrected chi connectivity index (χ0v) is 6.13. The predicted molar refractivity (Wildman–Crippen MR) is 39.4 cm³/mol. The Morgan fingerprint density at radius 1 is 1.50 bits per heavy atom. The Morgan fingerprint density at radius 3 is 1.80 bits per heavy atom. The van der Waals surface area contributed by atoms with Crippen LogP contribution >= 0.6 is 0 Å². The van der Waals surface area contributed by atoms with Gasteiger partial charge in [0.2, 0.25) is 0 Å². The van der Waals surface area contributed by atoms with Crippen molar-refractivity contribution in [3.63, 3.8) is 0 Å². The smallest absolute Gasteiger partial charge is 0.309 e. The van der Waals surface area contributed by atoms with Crippen LogP contribution in [0.3, 0.4) is 0 Å². The van der Waals surface area contributed by atoms with Gasteiger partial charge in [-0.3, -0.25) is 0 Å². The minimum absolute atomic E-state index is 0. The van der Waals surface area contributed by atoms with Crippen LogP contribution in [0.2, 0.25) is 0 Å². The van der Waals surface area contributed by atoms with Crippen LogP contribution in [-0.4, -0.2) is 23.2 Å². The first-order chi connectivity index (χ1) is 4.15. The summed E-state index contributed by atoms with van der Waals surface area (Å²) in [6.45, 7) is 2.40. The number of aliphatic hydroxyl groups is 1. The molecule has 0 unspecified atom stereocenters. The fraction of sp³-hybridized carbons (Fsp3) is 0.800. The summed E-state index contributed by atoms with van der Waals surface area (Å²) >= 11 is 0. The minimum atomic E-state index is -0.833. The second-order valence-electron chi connectivity index (χ2n) is 1.48. The summed E-state index contributed by atoms with van der Waals surface area (Å²) < 4.78 is 0. The lowest BCUT2D eigenvalue weighted by Crippen LogP contribution is -2.18. The molecule has 0 aromatic heterocycles. The second kappa shape index (κ2) is 15.7. The number of aliphatic hydroxyl groups excluding tert-OH is 1. The highest BCUT2D eigenvalue weighted by molar-refractivity contribution is 5.69. The highest BCUT2D eigenvalue weighted by Crippen LogP contribution is 1.78. The van der Waals surface area contributed by atoms with Crippen molar-refractivity contribution in [1.29, 1.82) is 0 Å². The molecule has 0 radical (unpaired) electrons. The number of rotatable bonds is 2. The normalized spacial score (nSPS) is 6.60. The largest absolute Gasteiger partial charge is 0.412 e. The van der Waals surface area contributed by atoms with Gasteiger partial charge in [-0.15, -0.1) is 0 Å². The molecule has 2 amide bonds. The number of carbonyl (C=O) groups excluding carboxylic acids is 1. The first-order valence-electron chi connectivity index (χ1n) is 2.80. The summed E-state index contributed by atoms with van der Waals surface area (Å²) in [5.41, 5.74) is 8.50. The van der Waals surface area contributed by atoms with Gasteiger partial charge in [0.1, 0.15) is 0 Å². The van der Waals surface area contributed by atoms with Crippen molar-refractivity contribution in [2.75, 3.05) is 6.61 Å². The van der Waals surface area contributed by atoms with Gasteiger partial charge >= 0.3 is 6.03 Å². The fourth-order valence-electron chi connectivity index (χ4n) is 0.158. The molecule has 5 nitrogen and oxygen atoms in total. The van der Waals surface area contributed by atoms with Crippen molar-refractivity contribution in [1.82, 2.24) is 0 Å². The molecule has 0 aliphatic rings. The van der Waals surface area contributed by atoms with Gasteiger partial charge in [0, 0.05) is 6.61 Å². The molecule has 0 aromatic rings. The number of primary amides is 2. The van der Waals surface area contributed by atoms with E-state index in [-0.39, 0.29) is 5.48 Å². The quantitative estimate of drug-likeness (QED) is 0.469. The van der Waals surface area contributed by atoms with Crippen molar-refractivity contribution in [2.24, 2.45) is 11.5 Å². The number of hydrogen-bond acceptors (Lipinski definition) is 2. The third-order valence-electron chi connectivity index (χ3n) is 0.512. The van der Waals surface area contributed by atoms with Crippen LogP contribution in [0.15, 0.2) is 0 Å². The number of nitrogens with two attached hydrogens (primary N) is 2.